The first kappa shape index (κ1) is 14.5. The highest BCUT2D eigenvalue weighted by molar-refractivity contribution is 14.1. The molecular weight excluding hydrogens is 333 g/mol. The molecule has 0 aliphatic rings. The summed E-state index contributed by atoms with van der Waals surface area (Å²) < 4.78 is 7.82. The molecule has 1 aromatic heterocycles. The zero-order valence-electron chi connectivity index (χ0n) is 10.4. The van der Waals surface area contributed by atoms with Crippen molar-refractivity contribution in [1.82, 2.24) is 4.57 Å². The molecule has 0 unspecified atom stereocenters. The molecule has 0 fully saturated rings. The zero-order chi connectivity index (χ0) is 13.1. The Kier molecular flexibility index (Phi) is 5.00. The van der Waals surface area contributed by atoms with Crippen LogP contribution in [0.3, 0.4) is 0 Å². The molecule has 96 valence electrons. The van der Waals surface area contributed by atoms with Crippen LogP contribution >= 0.6 is 22.6 Å². The molecule has 0 spiro atoms. The standard InChI is InChI=1S/C12H18INO3/c1-12(2,4-5-17-3)8-14-7-9(13)6-10(14)11(15)16/h6-7H,4-5,8H2,1-3H3,(H,15,16). The Morgan fingerprint density at radius 1 is 1.59 bits per heavy atom. The van der Waals surface area contributed by atoms with Crippen LogP contribution in [0.5, 0.6) is 0 Å². The van der Waals surface area contributed by atoms with Gasteiger partial charge in [-0.15, -0.1) is 0 Å². The predicted molar refractivity (Wildman–Crippen MR) is 74.4 cm³/mol. The Morgan fingerprint density at radius 2 is 2.24 bits per heavy atom. The van der Waals surface area contributed by atoms with Crippen molar-refractivity contribution in [2.24, 2.45) is 5.41 Å². The second kappa shape index (κ2) is 5.86. The van der Waals surface area contributed by atoms with Gasteiger partial charge in [-0.3, -0.25) is 0 Å². The van der Waals surface area contributed by atoms with E-state index in [1.165, 1.54) is 0 Å². The minimum Gasteiger partial charge on any atom is -0.477 e. The summed E-state index contributed by atoms with van der Waals surface area (Å²) in [7, 11) is 1.68. The van der Waals surface area contributed by atoms with Gasteiger partial charge in [0.15, 0.2) is 0 Å². The number of ether oxygens (including phenoxy) is 1. The van der Waals surface area contributed by atoms with Gasteiger partial charge in [-0.25, -0.2) is 4.79 Å². The van der Waals surface area contributed by atoms with Crippen molar-refractivity contribution >= 4 is 28.6 Å². The van der Waals surface area contributed by atoms with Crippen molar-refractivity contribution < 1.29 is 14.6 Å². The van der Waals surface area contributed by atoms with E-state index in [1.807, 2.05) is 6.20 Å². The van der Waals surface area contributed by atoms with Gasteiger partial charge in [0.05, 0.1) is 0 Å². The van der Waals surface area contributed by atoms with E-state index in [9.17, 15) is 4.79 Å². The molecule has 4 nitrogen and oxygen atoms in total. The molecule has 1 rings (SSSR count). The number of nitrogens with zero attached hydrogens (tertiary/aromatic N) is 1. The fraction of sp³-hybridized carbons (Fsp3) is 0.583. The van der Waals surface area contributed by atoms with Crippen molar-refractivity contribution in [3.63, 3.8) is 0 Å². The Labute approximate surface area is 115 Å². The second-order valence-corrected chi connectivity index (χ2v) is 6.13. The van der Waals surface area contributed by atoms with Gasteiger partial charge in [0.2, 0.25) is 0 Å². The Hall–Kier alpha value is -0.560. The van der Waals surface area contributed by atoms with E-state index in [-0.39, 0.29) is 5.41 Å². The molecule has 0 saturated heterocycles. The smallest absolute Gasteiger partial charge is 0.352 e. The Morgan fingerprint density at radius 3 is 2.76 bits per heavy atom. The van der Waals surface area contributed by atoms with Crippen molar-refractivity contribution in [2.45, 2.75) is 26.8 Å². The average Bonchev–Trinajstić information content (AvgIpc) is 2.56. The van der Waals surface area contributed by atoms with Gasteiger partial charge >= 0.3 is 5.97 Å². The second-order valence-electron chi connectivity index (χ2n) is 4.88. The average molecular weight is 351 g/mol. The first-order valence-electron chi connectivity index (χ1n) is 5.43. The minimum atomic E-state index is -0.879. The van der Waals surface area contributed by atoms with Crippen LogP contribution in [0.25, 0.3) is 0 Å². The first-order chi connectivity index (χ1) is 7.85. The van der Waals surface area contributed by atoms with Gasteiger partial charge in [-0.2, -0.15) is 0 Å². The van der Waals surface area contributed by atoms with Crippen molar-refractivity contribution in [3.05, 3.63) is 21.5 Å². The zero-order valence-corrected chi connectivity index (χ0v) is 12.5. The van der Waals surface area contributed by atoms with E-state index in [0.29, 0.717) is 18.8 Å². The van der Waals surface area contributed by atoms with E-state index in [1.54, 1.807) is 17.7 Å². The molecular formula is C12H18INO3. The van der Waals surface area contributed by atoms with Crippen LogP contribution in [-0.4, -0.2) is 29.4 Å². The minimum absolute atomic E-state index is 0.0162. The van der Waals surface area contributed by atoms with Crippen LogP contribution in [-0.2, 0) is 11.3 Å². The molecule has 0 aliphatic heterocycles. The SMILES string of the molecule is COCCC(C)(C)Cn1cc(I)cc1C(=O)O. The molecule has 1 heterocycles. The number of hydrogen-bond donors (Lipinski definition) is 1. The third-order valence-corrected chi connectivity index (χ3v) is 3.25. The van der Waals surface area contributed by atoms with Gasteiger partial charge in [0, 0.05) is 30.0 Å². The summed E-state index contributed by atoms with van der Waals surface area (Å²) in [5.74, 6) is -0.879. The van der Waals surface area contributed by atoms with E-state index in [4.69, 9.17) is 9.84 Å². The monoisotopic (exact) mass is 351 g/mol. The maximum Gasteiger partial charge on any atom is 0.352 e. The molecule has 1 aromatic rings. The van der Waals surface area contributed by atoms with Gasteiger partial charge in [0.1, 0.15) is 5.69 Å². The number of methoxy groups -OCH3 is 1. The van der Waals surface area contributed by atoms with Crippen LogP contribution < -0.4 is 0 Å². The lowest BCUT2D eigenvalue weighted by molar-refractivity contribution is 0.0680. The number of hydrogen-bond acceptors (Lipinski definition) is 2. The summed E-state index contributed by atoms with van der Waals surface area (Å²) in [6.45, 7) is 5.60. The predicted octanol–water partition coefficient (Wildman–Crippen LogP) is 2.85. The number of aromatic nitrogens is 1. The van der Waals surface area contributed by atoms with Crippen LogP contribution in [0.1, 0.15) is 30.8 Å². The van der Waals surface area contributed by atoms with Crippen LogP contribution in [0.4, 0.5) is 0 Å². The molecule has 0 aliphatic carbocycles. The summed E-state index contributed by atoms with van der Waals surface area (Å²) in [5.41, 5.74) is 0.363. The van der Waals surface area contributed by atoms with E-state index < -0.39 is 5.97 Å². The molecule has 0 amide bonds. The fourth-order valence-electron chi connectivity index (χ4n) is 1.70. The molecule has 0 radical (unpaired) electrons. The van der Waals surface area contributed by atoms with Crippen LogP contribution in [0, 0.1) is 8.99 Å². The third-order valence-electron chi connectivity index (χ3n) is 2.66. The first-order valence-corrected chi connectivity index (χ1v) is 6.51. The Balaban J connectivity index is 2.83. The number of carboxylic acid groups (broad SMARTS) is 1. The summed E-state index contributed by atoms with van der Waals surface area (Å²) in [5, 5.41) is 9.10. The molecule has 0 bridgehead atoms. The maximum absolute atomic E-state index is 11.1. The summed E-state index contributed by atoms with van der Waals surface area (Å²) in [6.07, 6.45) is 2.77. The normalized spacial score (nSPS) is 11.8. The highest BCUT2D eigenvalue weighted by atomic mass is 127. The molecule has 1 N–H and O–H groups in total. The van der Waals surface area contributed by atoms with Crippen molar-refractivity contribution in [1.29, 1.82) is 0 Å². The topological polar surface area (TPSA) is 51.5 Å². The Bertz CT molecular complexity index is 398. The van der Waals surface area contributed by atoms with Gasteiger partial charge in [-0.1, -0.05) is 13.8 Å². The quantitative estimate of drug-likeness (QED) is 0.802. The molecule has 17 heavy (non-hydrogen) atoms. The number of carbonyl (C=O) groups is 1. The highest BCUT2D eigenvalue weighted by Gasteiger charge is 2.21. The lowest BCUT2D eigenvalue weighted by atomic mass is 9.89. The fourth-order valence-corrected chi connectivity index (χ4v) is 2.33. The van der Waals surface area contributed by atoms with E-state index in [0.717, 1.165) is 9.99 Å². The van der Waals surface area contributed by atoms with E-state index >= 15 is 0 Å². The maximum atomic E-state index is 11.1. The summed E-state index contributed by atoms with van der Waals surface area (Å²) >= 11 is 2.13. The summed E-state index contributed by atoms with van der Waals surface area (Å²) in [4.78, 5) is 11.1. The molecule has 0 atom stereocenters. The highest BCUT2D eigenvalue weighted by Crippen LogP contribution is 2.25. The lowest BCUT2D eigenvalue weighted by Crippen LogP contribution is -2.23. The van der Waals surface area contributed by atoms with Crippen LogP contribution in [0.15, 0.2) is 12.3 Å². The van der Waals surface area contributed by atoms with Crippen LogP contribution in [0.2, 0.25) is 0 Å². The lowest BCUT2D eigenvalue weighted by Gasteiger charge is -2.25. The number of halogens is 1. The largest absolute Gasteiger partial charge is 0.477 e. The summed E-state index contributed by atoms with van der Waals surface area (Å²) in [6, 6.07) is 1.69. The van der Waals surface area contributed by atoms with Gasteiger partial charge in [-0.05, 0) is 40.5 Å². The number of rotatable bonds is 6. The number of carboxylic acids is 1. The molecule has 5 heteroatoms. The van der Waals surface area contributed by atoms with Crippen molar-refractivity contribution in [2.75, 3.05) is 13.7 Å². The third kappa shape index (κ3) is 4.31. The molecule has 0 saturated carbocycles. The number of aromatic carboxylic acids is 1. The van der Waals surface area contributed by atoms with E-state index in [2.05, 4.69) is 36.4 Å². The van der Waals surface area contributed by atoms with Crippen molar-refractivity contribution in [3.8, 4) is 0 Å². The van der Waals surface area contributed by atoms with Gasteiger partial charge < -0.3 is 14.4 Å². The van der Waals surface area contributed by atoms with Gasteiger partial charge in [0.25, 0.3) is 0 Å². The molecule has 0 aromatic carbocycles.